The third kappa shape index (κ3) is 1.31. The summed E-state index contributed by atoms with van der Waals surface area (Å²) in [5.41, 5.74) is 0. The minimum atomic E-state index is -4.24. The lowest BCUT2D eigenvalue weighted by atomic mass is 10.3. The van der Waals surface area contributed by atoms with E-state index in [-0.39, 0.29) is 0 Å². The van der Waals surface area contributed by atoms with Gasteiger partial charge in [-0.15, -0.1) is 0 Å². The summed E-state index contributed by atoms with van der Waals surface area (Å²) in [7, 11) is 0. The van der Waals surface area contributed by atoms with E-state index in [4.69, 9.17) is 0 Å². The lowest BCUT2D eigenvalue weighted by Gasteiger charge is -2.10. The van der Waals surface area contributed by atoms with Crippen LogP contribution in [0.3, 0.4) is 0 Å². The maximum Gasteiger partial charge on any atom is 0.365 e. The molecule has 0 unspecified atom stereocenters. The SMILES string of the molecule is FC(F)C(F)(F)c1ncn[nH]1. The van der Waals surface area contributed by atoms with E-state index in [0.29, 0.717) is 0 Å². The van der Waals surface area contributed by atoms with Crippen molar-refractivity contribution in [3.05, 3.63) is 12.2 Å². The summed E-state index contributed by atoms with van der Waals surface area (Å²) >= 11 is 0. The summed E-state index contributed by atoms with van der Waals surface area (Å²) in [5, 5.41) is 4.69. The Labute approximate surface area is 58.4 Å². The van der Waals surface area contributed by atoms with E-state index in [1.54, 1.807) is 5.10 Å². The number of hydrogen-bond donors (Lipinski definition) is 1. The number of halogens is 4. The van der Waals surface area contributed by atoms with Crippen LogP contribution in [0.5, 0.6) is 0 Å². The number of nitrogens with zero attached hydrogens (tertiary/aromatic N) is 2. The number of hydrogen-bond acceptors (Lipinski definition) is 2. The highest BCUT2D eigenvalue weighted by Gasteiger charge is 2.45. The molecule has 0 saturated carbocycles. The molecule has 7 heteroatoms. The van der Waals surface area contributed by atoms with Crippen molar-refractivity contribution >= 4 is 0 Å². The first kappa shape index (κ1) is 7.96. The monoisotopic (exact) mass is 169 g/mol. The zero-order chi connectivity index (χ0) is 8.48. The number of nitrogens with one attached hydrogen (secondary N) is 1. The topological polar surface area (TPSA) is 41.6 Å². The highest BCUT2D eigenvalue weighted by atomic mass is 19.3. The van der Waals surface area contributed by atoms with Gasteiger partial charge >= 0.3 is 12.3 Å². The average Bonchev–Trinajstić information content (AvgIpc) is 2.37. The molecule has 1 heterocycles. The van der Waals surface area contributed by atoms with Gasteiger partial charge in [0.1, 0.15) is 6.33 Å². The summed E-state index contributed by atoms with van der Waals surface area (Å²) in [4.78, 5) is 2.91. The molecule has 0 aliphatic rings. The molecule has 0 aliphatic heterocycles. The van der Waals surface area contributed by atoms with Gasteiger partial charge in [-0.3, -0.25) is 5.10 Å². The lowest BCUT2D eigenvalue weighted by Crippen LogP contribution is -2.25. The molecule has 0 radical (unpaired) electrons. The van der Waals surface area contributed by atoms with Gasteiger partial charge in [0.25, 0.3) is 0 Å². The molecule has 0 bridgehead atoms. The van der Waals surface area contributed by atoms with Gasteiger partial charge in [0.2, 0.25) is 5.82 Å². The van der Waals surface area contributed by atoms with E-state index in [9.17, 15) is 17.6 Å². The van der Waals surface area contributed by atoms with Crippen LogP contribution in [-0.4, -0.2) is 21.6 Å². The van der Waals surface area contributed by atoms with Crippen molar-refractivity contribution in [1.29, 1.82) is 0 Å². The van der Waals surface area contributed by atoms with Gasteiger partial charge in [0.15, 0.2) is 0 Å². The smallest absolute Gasteiger partial charge is 0.258 e. The Balaban J connectivity index is 2.90. The van der Waals surface area contributed by atoms with Crippen molar-refractivity contribution in [2.24, 2.45) is 0 Å². The summed E-state index contributed by atoms with van der Waals surface area (Å²) in [6, 6.07) is 0. The second kappa shape index (κ2) is 2.48. The number of H-pyrrole nitrogens is 1. The van der Waals surface area contributed by atoms with Gasteiger partial charge in [0.05, 0.1) is 0 Å². The van der Waals surface area contributed by atoms with E-state index in [1.165, 1.54) is 0 Å². The van der Waals surface area contributed by atoms with E-state index < -0.39 is 18.2 Å². The van der Waals surface area contributed by atoms with Gasteiger partial charge in [0, 0.05) is 0 Å². The van der Waals surface area contributed by atoms with Crippen LogP contribution in [-0.2, 0) is 5.92 Å². The minimum Gasteiger partial charge on any atom is -0.258 e. The molecule has 0 amide bonds. The van der Waals surface area contributed by atoms with E-state index in [2.05, 4.69) is 10.1 Å². The zero-order valence-electron chi connectivity index (χ0n) is 5.06. The van der Waals surface area contributed by atoms with Crippen LogP contribution in [0.2, 0.25) is 0 Å². The van der Waals surface area contributed by atoms with Gasteiger partial charge < -0.3 is 0 Å². The molecule has 0 aliphatic carbocycles. The summed E-state index contributed by atoms with van der Waals surface area (Å²) < 4.78 is 47.5. The molecule has 62 valence electrons. The molecular weight excluding hydrogens is 166 g/mol. The quantitative estimate of drug-likeness (QED) is 0.675. The lowest BCUT2D eigenvalue weighted by molar-refractivity contribution is -0.140. The first-order chi connectivity index (χ1) is 5.05. The fourth-order valence-corrected chi connectivity index (χ4v) is 0.469. The first-order valence-electron chi connectivity index (χ1n) is 2.57. The number of rotatable bonds is 2. The summed E-state index contributed by atoms with van der Waals surface area (Å²) in [6.45, 7) is 0. The Morgan fingerprint density at radius 1 is 1.45 bits per heavy atom. The fraction of sp³-hybridized carbons (Fsp3) is 0.500. The van der Waals surface area contributed by atoms with E-state index in [0.717, 1.165) is 6.33 Å². The van der Waals surface area contributed by atoms with Crippen molar-refractivity contribution in [3.8, 4) is 0 Å². The van der Waals surface area contributed by atoms with Gasteiger partial charge in [-0.05, 0) is 0 Å². The maximum atomic E-state index is 12.2. The van der Waals surface area contributed by atoms with E-state index >= 15 is 0 Å². The van der Waals surface area contributed by atoms with Crippen LogP contribution in [0.1, 0.15) is 5.82 Å². The predicted octanol–water partition coefficient (Wildman–Crippen LogP) is 1.16. The minimum absolute atomic E-state index is 0.742. The molecule has 1 rings (SSSR count). The van der Waals surface area contributed by atoms with Crippen molar-refractivity contribution < 1.29 is 17.6 Å². The van der Waals surface area contributed by atoms with Crippen LogP contribution in [0.4, 0.5) is 17.6 Å². The number of alkyl halides is 4. The van der Waals surface area contributed by atoms with Crippen molar-refractivity contribution in [2.75, 3.05) is 0 Å². The molecule has 0 saturated heterocycles. The van der Waals surface area contributed by atoms with Gasteiger partial charge in [-0.2, -0.15) is 13.9 Å². The fourth-order valence-electron chi connectivity index (χ4n) is 0.469. The van der Waals surface area contributed by atoms with Crippen molar-refractivity contribution in [2.45, 2.75) is 12.3 Å². The standard InChI is InChI=1S/C4H3F4N3/c5-2(6)4(7,8)3-9-1-10-11-3/h1-2H,(H,9,10,11). The zero-order valence-corrected chi connectivity index (χ0v) is 5.06. The second-order valence-electron chi connectivity index (χ2n) is 1.76. The maximum absolute atomic E-state index is 12.2. The second-order valence-corrected chi connectivity index (χ2v) is 1.76. The molecule has 1 aromatic heterocycles. The van der Waals surface area contributed by atoms with E-state index in [1.807, 2.05) is 0 Å². The molecule has 0 aromatic carbocycles. The third-order valence-corrected chi connectivity index (χ3v) is 1.00. The molecular formula is C4H3F4N3. The molecule has 11 heavy (non-hydrogen) atoms. The Bertz CT molecular complexity index is 219. The van der Waals surface area contributed by atoms with Crippen LogP contribution >= 0.6 is 0 Å². The Kier molecular flexibility index (Phi) is 1.79. The molecule has 0 atom stereocenters. The number of aromatic amines is 1. The van der Waals surface area contributed by atoms with Crippen molar-refractivity contribution in [3.63, 3.8) is 0 Å². The summed E-state index contributed by atoms with van der Waals surface area (Å²) in [5.74, 6) is -5.36. The third-order valence-electron chi connectivity index (χ3n) is 1.00. The largest absolute Gasteiger partial charge is 0.365 e. The first-order valence-corrected chi connectivity index (χ1v) is 2.57. The Morgan fingerprint density at radius 3 is 2.45 bits per heavy atom. The van der Waals surface area contributed by atoms with Gasteiger partial charge in [-0.1, -0.05) is 0 Å². The Hall–Kier alpha value is -1.14. The average molecular weight is 169 g/mol. The highest BCUT2D eigenvalue weighted by molar-refractivity contribution is 4.93. The van der Waals surface area contributed by atoms with Crippen LogP contribution < -0.4 is 0 Å². The molecule has 3 nitrogen and oxygen atoms in total. The molecule has 1 N–H and O–H groups in total. The van der Waals surface area contributed by atoms with Crippen molar-refractivity contribution in [1.82, 2.24) is 15.2 Å². The molecule has 0 fully saturated rings. The van der Waals surface area contributed by atoms with Crippen LogP contribution in [0, 0.1) is 0 Å². The number of aromatic nitrogens is 3. The highest BCUT2D eigenvalue weighted by Crippen LogP contribution is 2.31. The van der Waals surface area contributed by atoms with Crippen LogP contribution in [0.25, 0.3) is 0 Å². The Morgan fingerprint density at radius 2 is 2.09 bits per heavy atom. The summed E-state index contributed by atoms with van der Waals surface area (Å²) in [6.07, 6.45) is -3.03. The normalized spacial score (nSPS) is 12.5. The van der Waals surface area contributed by atoms with Crippen LogP contribution in [0.15, 0.2) is 6.33 Å². The predicted molar refractivity (Wildman–Crippen MR) is 26.3 cm³/mol. The molecule has 0 spiro atoms. The van der Waals surface area contributed by atoms with Gasteiger partial charge in [-0.25, -0.2) is 13.8 Å². The molecule has 1 aromatic rings.